The second kappa shape index (κ2) is 8.47. The van der Waals surface area contributed by atoms with Crippen LogP contribution in [0.25, 0.3) is 5.69 Å². The van der Waals surface area contributed by atoms with E-state index in [2.05, 4.69) is 15.7 Å². The van der Waals surface area contributed by atoms with Crippen LogP contribution in [0.15, 0.2) is 42.7 Å². The molecule has 2 rings (SSSR count). The van der Waals surface area contributed by atoms with Crippen molar-refractivity contribution >= 4 is 16.8 Å². The van der Waals surface area contributed by atoms with Crippen molar-refractivity contribution in [1.29, 1.82) is 0 Å². The van der Waals surface area contributed by atoms with E-state index in [4.69, 9.17) is 0 Å². The largest absolute Gasteiger partial charge is 0.338 e. The summed E-state index contributed by atoms with van der Waals surface area (Å²) in [5.74, 6) is 0.602. The Labute approximate surface area is 138 Å². The number of rotatable bonds is 7. The first-order valence-electron chi connectivity index (χ1n) is 7.50. The third kappa shape index (κ3) is 5.52. The van der Waals surface area contributed by atoms with E-state index < -0.39 is 10.8 Å². The maximum Gasteiger partial charge on any atom is 0.315 e. The molecule has 1 aromatic carbocycles. The van der Waals surface area contributed by atoms with E-state index in [-0.39, 0.29) is 12.1 Å². The Bertz CT molecular complexity index is 641. The van der Waals surface area contributed by atoms with Crippen molar-refractivity contribution in [3.8, 4) is 5.69 Å². The van der Waals surface area contributed by atoms with E-state index in [1.54, 1.807) is 17.1 Å². The van der Waals surface area contributed by atoms with Crippen LogP contribution >= 0.6 is 0 Å². The fourth-order valence-electron chi connectivity index (χ4n) is 2.15. The van der Waals surface area contributed by atoms with E-state index >= 15 is 0 Å². The Kier molecular flexibility index (Phi) is 6.34. The number of benzene rings is 1. The Morgan fingerprint density at radius 1 is 1.35 bits per heavy atom. The van der Waals surface area contributed by atoms with Crippen molar-refractivity contribution in [2.24, 2.45) is 0 Å². The molecule has 2 amide bonds. The fourth-order valence-corrected chi connectivity index (χ4v) is 2.70. The van der Waals surface area contributed by atoms with Crippen molar-refractivity contribution in [2.75, 3.05) is 18.6 Å². The first kappa shape index (κ1) is 17.2. The number of carbonyl (C=O) groups is 1. The molecule has 0 spiro atoms. The number of urea groups is 1. The zero-order chi connectivity index (χ0) is 16.7. The molecular formula is C16H22N4O2S. The molecule has 6 nitrogen and oxygen atoms in total. The van der Waals surface area contributed by atoms with Gasteiger partial charge in [0.05, 0.1) is 11.7 Å². The van der Waals surface area contributed by atoms with Crippen LogP contribution in [0.5, 0.6) is 0 Å². The minimum atomic E-state index is -0.815. The van der Waals surface area contributed by atoms with Crippen LogP contribution in [0.3, 0.4) is 0 Å². The lowest BCUT2D eigenvalue weighted by Gasteiger charge is -2.15. The summed E-state index contributed by atoms with van der Waals surface area (Å²) < 4.78 is 12.7. The van der Waals surface area contributed by atoms with Gasteiger partial charge in [-0.3, -0.25) is 4.21 Å². The summed E-state index contributed by atoms with van der Waals surface area (Å²) in [7, 11) is -0.815. The molecule has 2 N–H and O–H groups in total. The van der Waals surface area contributed by atoms with Gasteiger partial charge in [0.1, 0.15) is 0 Å². The lowest BCUT2D eigenvalue weighted by atomic mass is 10.1. The molecule has 0 aliphatic rings. The maximum absolute atomic E-state index is 11.8. The Morgan fingerprint density at radius 2 is 2.09 bits per heavy atom. The van der Waals surface area contributed by atoms with Crippen LogP contribution in [0.4, 0.5) is 4.79 Å². The third-order valence-corrected chi connectivity index (χ3v) is 4.27. The van der Waals surface area contributed by atoms with Crippen LogP contribution < -0.4 is 10.6 Å². The summed E-state index contributed by atoms with van der Waals surface area (Å²) >= 11 is 0. The van der Waals surface area contributed by atoms with Crippen molar-refractivity contribution in [3.63, 3.8) is 0 Å². The number of carbonyl (C=O) groups excluding carboxylic acids is 1. The fraction of sp³-hybridized carbons (Fsp3) is 0.375. The molecule has 124 valence electrons. The summed E-state index contributed by atoms with van der Waals surface area (Å²) in [6, 6.07) is 9.45. The lowest BCUT2D eigenvalue weighted by Crippen LogP contribution is -2.37. The second-order valence-electron chi connectivity index (χ2n) is 5.29. The molecular weight excluding hydrogens is 312 g/mol. The summed E-state index contributed by atoms with van der Waals surface area (Å²) in [5.41, 5.74) is 1.99. The number of nitrogens with one attached hydrogen (secondary N) is 2. The minimum Gasteiger partial charge on any atom is -0.338 e. The van der Waals surface area contributed by atoms with Crippen molar-refractivity contribution in [3.05, 3.63) is 48.3 Å². The van der Waals surface area contributed by atoms with Crippen LogP contribution in [-0.2, 0) is 10.8 Å². The second-order valence-corrected chi connectivity index (χ2v) is 6.85. The standard InChI is InChI=1S/C16H22N4O2S/c1-13(19-16(21)17-9-4-12-23(2)22)14-5-7-15(8-6-14)20-11-3-10-18-20/h3,5-8,10-11,13H,4,9,12H2,1-2H3,(H2,17,19,21)/t13-,23-/m1/s1. The lowest BCUT2D eigenvalue weighted by molar-refractivity contribution is 0.238. The molecule has 0 saturated carbocycles. The monoisotopic (exact) mass is 334 g/mol. The Hall–Kier alpha value is -2.15. The van der Waals surface area contributed by atoms with Gasteiger partial charge >= 0.3 is 6.03 Å². The predicted molar refractivity (Wildman–Crippen MR) is 92.1 cm³/mol. The Balaban J connectivity index is 1.82. The summed E-state index contributed by atoms with van der Waals surface area (Å²) in [4.78, 5) is 11.8. The SMILES string of the molecule is C[C@@H](NC(=O)NCCC[S@@](C)=O)c1ccc(-n2cccn2)cc1. The highest BCUT2D eigenvalue weighted by Crippen LogP contribution is 2.15. The van der Waals surface area contributed by atoms with Crippen molar-refractivity contribution < 1.29 is 9.00 Å². The first-order valence-corrected chi connectivity index (χ1v) is 9.23. The van der Waals surface area contributed by atoms with E-state index in [1.165, 1.54) is 0 Å². The summed E-state index contributed by atoms with van der Waals surface area (Å²) in [5, 5.41) is 9.84. The quantitative estimate of drug-likeness (QED) is 0.761. The zero-order valence-corrected chi connectivity index (χ0v) is 14.2. The molecule has 0 unspecified atom stereocenters. The molecule has 0 radical (unpaired) electrons. The average Bonchev–Trinajstić information content (AvgIpc) is 3.06. The van der Waals surface area contributed by atoms with Gasteiger partial charge in [0.25, 0.3) is 0 Å². The van der Waals surface area contributed by atoms with Crippen LogP contribution in [0.1, 0.15) is 24.9 Å². The van der Waals surface area contributed by atoms with Crippen molar-refractivity contribution in [1.82, 2.24) is 20.4 Å². The van der Waals surface area contributed by atoms with Gasteiger partial charge in [0.15, 0.2) is 0 Å². The molecule has 0 aliphatic carbocycles. The van der Waals surface area contributed by atoms with E-state index in [0.29, 0.717) is 18.7 Å². The Morgan fingerprint density at radius 3 is 2.70 bits per heavy atom. The highest BCUT2D eigenvalue weighted by Gasteiger charge is 2.09. The normalized spacial score (nSPS) is 13.3. The minimum absolute atomic E-state index is 0.0954. The molecule has 7 heteroatoms. The maximum atomic E-state index is 11.8. The van der Waals surface area contributed by atoms with Gasteiger partial charge in [-0.25, -0.2) is 9.48 Å². The zero-order valence-electron chi connectivity index (χ0n) is 13.4. The van der Waals surface area contributed by atoms with Crippen molar-refractivity contribution in [2.45, 2.75) is 19.4 Å². The smallest absolute Gasteiger partial charge is 0.315 e. The van der Waals surface area contributed by atoms with Gasteiger partial charge in [-0.05, 0) is 37.1 Å². The van der Waals surface area contributed by atoms with Gasteiger partial charge in [-0.2, -0.15) is 5.10 Å². The molecule has 0 aliphatic heterocycles. The number of aromatic nitrogens is 2. The highest BCUT2D eigenvalue weighted by molar-refractivity contribution is 7.84. The summed E-state index contributed by atoms with van der Waals surface area (Å²) in [6.07, 6.45) is 5.99. The van der Waals surface area contributed by atoms with Gasteiger partial charge in [-0.1, -0.05) is 12.1 Å². The number of nitrogens with zero attached hydrogens (tertiary/aromatic N) is 2. The molecule has 2 aromatic rings. The van der Waals surface area contributed by atoms with Gasteiger partial charge in [-0.15, -0.1) is 0 Å². The number of hydrogen-bond donors (Lipinski definition) is 2. The van der Waals surface area contributed by atoms with Gasteiger partial charge < -0.3 is 10.6 Å². The molecule has 1 aromatic heterocycles. The molecule has 1 heterocycles. The van der Waals surface area contributed by atoms with E-state index in [1.807, 2.05) is 43.5 Å². The molecule has 0 fully saturated rings. The van der Waals surface area contributed by atoms with Crippen LogP contribution in [0.2, 0.25) is 0 Å². The summed E-state index contributed by atoms with van der Waals surface area (Å²) in [6.45, 7) is 2.46. The van der Waals surface area contributed by atoms with Gasteiger partial charge in [0, 0.05) is 41.7 Å². The van der Waals surface area contributed by atoms with E-state index in [0.717, 1.165) is 11.3 Å². The molecule has 23 heavy (non-hydrogen) atoms. The topological polar surface area (TPSA) is 76.0 Å². The van der Waals surface area contributed by atoms with Gasteiger partial charge in [0.2, 0.25) is 0 Å². The molecule has 0 saturated heterocycles. The number of hydrogen-bond acceptors (Lipinski definition) is 3. The third-order valence-electron chi connectivity index (χ3n) is 3.40. The number of amides is 2. The van der Waals surface area contributed by atoms with E-state index in [9.17, 15) is 9.00 Å². The molecule has 2 atom stereocenters. The average molecular weight is 334 g/mol. The predicted octanol–water partition coefficient (Wildman–Crippen LogP) is 2.00. The highest BCUT2D eigenvalue weighted by atomic mass is 32.2. The van der Waals surface area contributed by atoms with Crippen LogP contribution in [0, 0.1) is 0 Å². The van der Waals surface area contributed by atoms with Crippen LogP contribution in [-0.4, -0.2) is 38.6 Å². The first-order chi connectivity index (χ1) is 11.1. The molecule has 0 bridgehead atoms.